The quantitative estimate of drug-likeness (QED) is 0.840. The summed E-state index contributed by atoms with van der Waals surface area (Å²) in [5.41, 5.74) is -0.717. The molecule has 1 saturated heterocycles. The van der Waals surface area contributed by atoms with Crippen LogP contribution in [0.3, 0.4) is 0 Å². The number of carbonyl (C=O) groups is 2. The Kier molecular flexibility index (Phi) is 4.64. The highest BCUT2D eigenvalue weighted by Gasteiger charge is 2.45. The second-order valence-corrected chi connectivity index (χ2v) is 5.96. The SMILES string of the molecule is Cc1ncccc1OC1(C(=O)O)CCN(C(=O)Cn2cncn2)CC1. The molecule has 9 nitrogen and oxygen atoms in total. The Morgan fingerprint density at radius 1 is 1.36 bits per heavy atom. The van der Waals surface area contributed by atoms with E-state index >= 15 is 0 Å². The predicted octanol–water partition coefficient (Wildman–Crippen LogP) is 0.506. The topological polar surface area (TPSA) is 110 Å². The van der Waals surface area contributed by atoms with Gasteiger partial charge < -0.3 is 14.7 Å². The van der Waals surface area contributed by atoms with Crippen LogP contribution in [0, 0.1) is 6.92 Å². The fourth-order valence-electron chi connectivity index (χ4n) is 2.82. The molecule has 132 valence electrons. The van der Waals surface area contributed by atoms with Gasteiger partial charge in [-0.3, -0.25) is 9.78 Å². The van der Waals surface area contributed by atoms with E-state index in [0.29, 0.717) is 24.5 Å². The maximum absolute atomic E-state index is 12.3. The second kappa shape index (κ2) is 6.88. The van der Waals surface area contributed by atoms with E-state index < -0.39 is 11.6 Å². The minimum atomic E-state index is -1.35. The fourth-order valence-corrected chi connectivity index (χ4v) is 2.82. The van der Waals surface area contributed by atoms with Crippen LogP contribution >= 0.6 is 0 Å². The molecule has 3 rings (SSSR count). The van der Waals surface area contributed by atoms with Crippen molar-refractivity contribution >= 4 is 11.9 Å². The zero-order valence-electron chi connectivity index (χ0n) is 13.8. The summed E-state index contributed by atoms with van der Waals surface area (Å²) in [4.78, 5) is 33.7. The summed E-state index contributed by atoms with van der Waals surface area (Å²) in [5, 5.41) is 13.6. The largest absolute Gasteiger partial charge is 0.478 e. The van der Waals surface area contributed by atoms with Crippen LogP contribution < -0.4 is 4.74 Å². The van der Waals surface area contributed by atoms with E-state index in [1.807, 2.05) is 0 Å². The maximum atomic E-state index is 12.3. The first-order chi connectivity index (χ1) is 12.0. The van der Waals surface area contributed by atoms with Crippen molar-refractivity contribution in [3.63, 3.8) is 0 Å². The molecule has 1 aliphatic heterocycles. The summed E-state index contributed by atoms with van der Waals surface area (Å²) in [6.07, 6.45) is 4.88. The molecule has 0 bridgehead atoms. The highest BCUT2D eigenvalue weighted by atomic mass is 16.5. The van der Waals surface area contributed by atoms with E-state index in [1.165, 1.54) is 17.3 Å². The third-order valence-corrected chi connectivity index (χ3v) is 4.34. The minimum absolute atomic E-state index is 0.0860. The van der Waals surface area contributed by atoms with Gasteiger partial charge in [-0.15, -0.1) is 0 Å². The van der Waals surface area contributed by atoms with Crippen molar-refractivity contribution in [3.8, 4) is 5.75 Å². The number of carboxylic acids is 1. The molecule has 1 aliphatic rings. The Bertz CT molecular complexity index is 754. The monoisotopic (exact) mass is 345 g/mol. The third-order valence-electron chi connectivity index (χ3n) is 4.34. The lowest BCUT2D eigenvalue weighted by molar-refractivity contribution is -0.162. The number of amides is 1. The molecule has 0 saturated carbocycles. The van der Waals surface area contributed by atoms with Crippen molar-refractivity contribution < 1.29 is 19.4 Å². The highest BCUT2D eigenvalue weighted by molar-refractivity contribution is 5.80. The summed E-state index contributed by atoms with van der Waals surface area (Å²) in [5.74, 6) is -0.700. The summed E-state index contributed by atoms with van der Waals surface area (Å²) in [6.45, 7) is 2.46. The van der Waals surface area contributed by atoms with Crippen LogP contribution in [0.25, 0.3) is 0 Å². The zero-order chi connectivity index (χ0) is 17.9. The molecule has 0 aliphatic carbocycles. The number of carbonyl (C=O) groups excluding carboxylic acids is 1. The molecule has 0 aromatic carbocycles. The normalized spacial score (nSPS) is 16.4. The Hall–Kier alpha value is -2.97. The number of ether oxygens (including phenoxy) is 1. The fraction of sp³-hybridized carbons (Fsp3) is 0.438. The molecule has 0 spiro atoms. The number of nitrogens with zero attached hydrogens (tertiary/aromatic N) is 5. The van der Waals surface area contributed by atoms with Crippen molar-refractivity contribution in [2.45, 2.75) is 31.9 Å². The van der Waals surface area contributed by atoms with Crippen molar-refractivity contribution in [2.75, 3.05) is 13.1 Å². The lowest BCUT2D eigenvalue weighted by Crippen LogP contribution is -2.54. The molecule has 0 unspecified atom stereocenters. The standard InChI is InChI=1S/C16H19N5O4/c1-12-13(3-2-6-18-12)25-16(15(23)24)4-7-20(8-5-16)14(22)9-21-11-17-10-19-21/h2-3,6,10-11H,4-5,7-9H2,1H3,(H,23,24). The van der Waals surface area contributed by atoms with Gasteiger partial charge >= 0.3 is 5.97 Å². The van der Waals surface area contributed by atoms with Gasteiger partial charge in [-0.25, -0.2) is 14.5 Å². The molecule has 2 aromatic rings. The Morgan fingerprint density at radius 2 is 2.12 bits per heavy atom. The third kappa shape index (κ3) is 3.59. The van der Waals surface area contributed by atoms with Crippen LogP contribution in [0.4, 0.5) is 0 Å². The predicted molar refractivity (Wildman–Crippen MR) is 85.8 cm³/mol. The number of aromatic nitrogens is 4. The molecule has 25 heavy (non-hydrogen) atoms. The number of hydrogen-bond donors (Lipinski definition) is 1. The van der Waals surface area contributed by atoms with Crippen LogP contribution in [0.2, 0.25) is 0 Å². The second-order valence-electron chi connectivity index (χ2n) is 5.96. The molecule has 1 N–H and O–H groups in total. The Labute approximate surface area is 144 Å². The molecule has 1 amide bonds. The van der Waals surface area contributed by atoms with Gasteiger partial charge in [0.1, 0.15) is 24.9 Å². The first kappa shape index (κ1) is 16.9. The minimum Gasteiger partial charge on any atom is -0.478 e. The highest BCUT2D eigenvalue weighted by Crippen LogP contribution is 2.30. The smallest absolute Gasteiger partial charge is 0.348 e. The number of carboxylic acid groups (broad SMARTS) is 1. The molecule has 0 atom stereocenters. The molecule has 0 radical (unpaired) electrons. The molecular weight excluding hydrogens is 326 g/mol. The van der Waals surface area contributed by atoms with Crippen LogP contribution in [-0.2, 0) is 16.1 Å². The zero-order valence-corrected chi connectivity index (χ0v) is 13.8. The van der Waals surface area contributed by atoms with Crippen LogP contribution in [0.15, 0.2) is 31.0 Å². The number of aliphatic carboxylic acids is 1. The molecular formula is C16H19N5O4. The van der Waals surface area contributed by atoms with Gasteiger partial charge in [-0.2, -0.15) is 5.10 Å². The first-order valence-electron chi connectivity index (χ1n) is 7.94. The number of rotatable bonds is 5. The van der Waals surface area contributed by atoms with Crippen LogP contribution in [0.1, 0.15) is 18.5 Å². The number of piperidine rings is 1. The van der Waals surface area contributed by atoms with E-state index in [1.54, 1.807) is 30.2 Å². The van der Waals surface area contributed by atoms with Gasteiger partial charge in [0.2, 0.25) is 11.5 Å². The first-order valence-corrected chi connectivity index (χ1v) is 7.94. The number of pyridine rings is 1. The van der Waals surface area contributed by atoms with Gasteiger partial charge in [0.05, 0.1) is 5.69 Å². The van der Waals surface area contributed by atoms with Crippen molar-refractivity contribution in [1.29, 1.82) is 0 Å². The number of likely N-dealkylation sites (tertiary alicyclic amines) is 1. The van der Waals surface area contributed by atoms with Crippen LogP contribution in [-0.4, -0.2) is 60.3 Å². The van der Waals surface area contributed by atoms with Crippen molar-refractivity contribution in [1.82, 2.24) is 24.6 Å². The van der Waals surface area contributed by atoms with E-state index in [-0.39, 0.29) is 25.3 Å². The summed E-state index contributed by atoms with van der Waals surface area (Å²) in [7, 11) is 0. The molecule has 3 heterocycles. The summed E-state index contributed by atoms with van der Waals surface area (Å²) in [6, 6.07) is 3.41. The average molecular weight is 345 g/mol. The average Bonchev–Trinajstić information content (AvgIpc) is 3.10. The number of aryl methyl sites for hydroxylation is 1. The summed E-state index contributed by atoms with van der Waals surface area (Å²) < 4.78 is 7.28. The molecule has 2 aromatic heterocycles. The maximum Gasteiger partial charge on any atom is 0.348 e. The van der Waals surface area contributed by atoms with Crippen LogP contribution in [0.5, 0.6) is 5.75 Å². The van der Waals surface area contributed by atoms with Gasteiger partial charge in [0, 0.05) is 32.1 Å². The van der Waals surface area contributed by atoms with Crippen molar-refractivity contribution in [3.05, 3.63) is 36.7 Å². The van der Waals surface area contributed by atoms with E-state index in [4.69, 9.17) is 4.74 Å². The van der Waals surface area contributed by atoms with Gasteiger partial charge in [0.15, 0.2) is 0 Å². The molecule has 9 heteroatoms. The van der Waals surface area contributed by atoms with E-state index in [2.05, 4.69) is 15.1 Å². The summed E-state index contributed by atoms with van der Waals surface area (Å²) >= 11 is 0. The lowest BCUT2D eigenvalue weighted by atomic mass is 9.91. The van der Waals surface area contributed by atoms with Gasteiger partial charge in [-0.1, -0.05) is 0 Å². The lowest BCUT2D eigenvalue weighted by Gasteiger charge is -2.39. The van der Waals surface area contributed by atoms with Crippen molar-refractivity contribution in [2.24, 2.45) is 0 Å². The van der Waals surface area contributed by atoms with Gasteiger partial charge in [0.25, 0.3) is 0 Å². The Balaban J connectivity index is 1.67. The van der Waals surface area contributed by atoms with E-state index in [0.717, 1.165) is 0 Å². The van der Waals surface area contributed by atoms with Gasteiger partial charge in [-0.05, 0) is 19.1 Å². The molecule has 1 fully saturated rings. The van der Waals surface area contributed by atoms with E-state index in [9.17, 15) is 14.7 Å². The Morgan fingerprint density at radius 3 is 2.72 bits per heavy atom. The number of hydrogen-bond acceptors (Lipinski definition) is 6.